The minimum atomic E-state index is 0.117. The van der Waals surface area contributed by atoms with Gasteiger partial charge in [-0.3, -0.25) is 0 Å². The first-order valence-electron chi connectivity index (χ1n) is 7.85. The molecule has 0 saturated heterocycles. The highest BCUT2D eigenvalue weighted by atomic mass is 32.1. The van der Waals surface area contributed by atoms with Crippen molar-refractivity contribution in [2.45, 2.75) is 19.9 Å². The molecule has 0 radical (unpaired) electrons. The van der Waals surface area contributed by atoms with E-state index in [1.165, 1.54) is 11.1 Å². The first kappa shape index (κ1) is 16.2. The molecule has 0 aliphatic carbocycles. The Morgan fingerprint density at radius 1 is 1.12 bits per heavy atom. The van der Waals surface area contributed by atoms with E-state index in [1.54, 1.807) is 12.5 Å². The molecule has 1 atom stereocenters. The topological polar surface area (TPSA) is 41.9 Å². The molecule has 0 aliphatic rings. The summed E-state index contributed by atoms with van der Waals surface area (Å²) in [7, 11) is 0. The zero-order chi connectivity index (χ0) is 16.9. The summed E-state index contributed by atoms with van der Waals surface area (Å²) >= 11 is 5.43. The van der Waals surface area contributed by atoms with Gasteiger partial charge in [0.15, 0.2) is 5.11 Å². The second-order valence-electron chi connectivity index (χ2n) is 5.70. The third-order valence-electron chi connectivity index (χ3n) is 3.94. The average molecular weight is 336 g/mol. The van der Waals surface area contributed by atoms with Gasteiger partial charge in [0.2, 0.25) is 0 Å². The van der Waals surface area contributed by atoms with Gasteiger partial charge in [-0.05, 0) is 55.4 Å². The summed E-state index contributed by atoms with van der Waals surface area (Å²) in [4.78, 5) is 4.07. The number of aromatic nitrogens is 2. The number of hydrogen-bond donors (Lipinski definition) is 2. The maximum absolute atomic E-state index is 5.43. The Hall–Kier alpha value is -2.66. The number of imidazole rings is 1. The van der Waals surface area contributed by atoms with Crippen LogP contribution in [0, 0.1) is 6.92 Å². The Bertz CT molecular complexity index is 810. The molecule has 1 heterocycles. The van der Waals surface area contributed by atoms with Crippen LogP contribution in [0.2, 0.25) is 0 Å². The number of nitrogens with one attached hydrogen (secondary N) is 2. The number of thiocarbonyl (C=S) groups is 1. The van der Waals surface area contributed by atoms with Crippen molar-refractivity contribution in [3.05, 3.63) is 78.4 Å². The fraction of sp³-hybridized carbons (Fsp3) is 0.158. The Kier molecular flexibility index (Phi) is 4.91. The zero-order valence-corrected chi connectivity index (χ0v) is 14.5. The van der Waals surface area contributed by atoms with E-state index in [1.807, 2.05) is 29.0 Å². The fourth-order valence-electron chi connectivity index (χ4n) is 2.50. The van der Waals surface area contributed by atoms with Crippen LogP contribution in [0.4, 0.5) is 5.69 Å². The fourth-order valence-corrected chi connectivity index (χ4v) is 2.79. The lowest BCUT2D eigenvalue weighted by atomic mass is 10.1. The lowest BCUT2D eigenvalue weighted by molar-refractivity contribution is 0.722. The maximum Gasteiger partial charge on any atom is 0.171 e. The molecule has 1 aromatic heterocycles. The molecule has 122 valence electrons. The van der Waals surface area contributed by atoms with Gasteiger partial charge in [0.05, 0.1) is 12.4 Å². The van der Waals surface area contributed by atoms with Gasteiger partial charge >= 0.3 is 0 Å². The van der Waals surface area contributed by atoms with Gasteiger partial charge in [-0.2, -0.15) is 0 Å². The second-order valence-corrected chi connectivity index (χ2v) is 6.10. The van der Waals surface area contributed by atoms with Crippen LogP contribution in [-0.4, -0.2) is 14.7 Å². The molecule has 0 spiro atoms. The first-order chi connectivity index (χ1) is 11.6. The Balaban J connectivity index is 1.63. The van der Waals surface area contributed by atoms with E-state index < -0.39 is 0 Å². The predicted molar refractivity (Wildman–Crippen MR) is 103 cm³/mol. The second kappa shape index (κ2) is 7.27. The number of anilines is 1. The standard InChI is InChI=1S/C19H20N4S/c1-14-5-3-4-6-18(14)22-19(24)21-15(2)16-7-9-17(10-8-16)23-12-11-20-13-23/h3-13,15H,1-2H3,(H2,21,22,24). The summed E-state index contributed by atoms with van der Waals surface area (Å²) in [6.07, 6.45) is 5.49. The normalized spacial score (nSPS) is 11.8. The molecular weight excluding hydrogens is 316 g/mol. The van der Waals surface area contributed by atoms with E-state index in [2.05, 4.69) is 59.8 Å². The van der Waals surface area contributed by atoms with Crippen LogP contribution in [0.25, 0.3) is 5.69 Å². The Morgan fingerprint density at radius 2 is 1.88 bits per heavy atom. The molecule has 2 aromatic carbocycles. The number of nitrogens with zero attached hydrogens (tertiary/aromatic N) is 2. The van der Waals surface area contributed by atoms with E-state index in [4.69, 9.17) is 12.2 Å². The molecule has 2 N–H and O–H groups in total. The van der Waals surface area contributed by atoms with E-state index in [0.29, 0.717) is 5.11 Å². The summed E-state index contributed by atoms with van der Waals surface area (Å²) in [5, 5.41) is 7.20. The van der Waals surface area contributed by atoms with E-state index in [9.17, 15) is 0 Å². The van der Waals surface area contributed by atoms with Crippen LogP contribution < -0.4 is 10.6 Å². The predicted octanol–water partition coefficient (Wildman–Crippen LogP) is 4.23. The van der Waals surface area contributed by atoms with Crippen molar-refractivity contribution in [2.24, 2.45) is 0 Å². The molecule has 1 unspecified atom stereocenters. The van der Waals surface area contributed by atoms with Gasteiger partial charge in [0.1, 0.15) is 0 Å². The summed E-state index contributed by atoms with van der Waals surface area (Å²) in [6, 6.07) is 16.6. The van der Waals surface area contributed by atoms with E-state index in [0.717, 1.165) is 11.4 Å². The van der Waals surface area contributed by atoms with Crippen molar-refractivity contribution < 1.29 is 0 Å². The SMILES string of the molecule is Cc1ccccc1NC(=S)NC(C)c1ccc(-n2ccnc2)cc1. The molecule has 0 amide bonds. The third-order valence-corrected chi connectivity index (χ3v) is 4.16. The third kappa shape index (κ3) is 3.81. The monoisotopic (exact) mass is 336 g/mol. The lowest BCUT2D eigenvalue weighted by Crippen LogP contribution is -2.31. The molecular formula is C19H20N4S. The van der Waals surface area contributed by atoms with Gasteiger partial charge in [0.25, 0.3) is 0 Å². The van der Waals surface area contributed by atoms with Crippen LogP contribution >= 0.6 is 12.2 Å². The Labute approximate surface area is 147 Å². The van der Waals surface area contributed by atoms with Gasteiger partial charge in [-0.1, -0.05) is 30.3 Å². The van der Waals surface area contributed by atoms with E-state index in [-0.39, 0.29) is 6.04 Å². The van der Waals surface area contributed by atoms with Crippen molar-refractivity contribution in [2.75, 3.05) is 5.32 Å². The number of benzene rings is 2. The minimum Gasteiger partial charge on any atom is -0.356 e. The van der Waals surface area contributed by atoms with Crippen LogP contribution in [0.3, 0.4) is 0 Å². The molecule has 3 aromatic rings. The van der Waals surface area contributed by atoms with Gasteiger partial charge < -0.3 is 15.2 Å². The molecule has 0 bridgehead atoms. The van der Waals surface area contributed by atoms with Gasteiger partial charge in [-0.25, -0.2) is 4.98 Å². The van der Waals surface area contributed by atoms with Crippen LogP contribution in [0.1, 0.15) is 24.1 Å². The summed E-state index contributed by atoms with van der Waals surface area (Å²) in [5.74, 6) is 0. The largest absolute Gasteiger partial charge is 0.356 e. The average Bonchev–Trinajstić information content (AvgIpc) is 3.11. The summed E-state index contributed by atoms with van der Waals surface area (Å²) in [6.45, 7) is 4.15. The molecule has 0 aliphatic heterocycles. The van der Waals surface area contributed by atoms with Crippen molar-refractivity contribution in [1.29, 1.82) is 0 Å². The number of rotatable bonds is 4. The minimum absolute atomic E-state index is 0.117. The maximum atomic E-state index is 5.43. The number of aryl methyl sites for hydroxylation is 1. The lowest BCUT2D eigenvalue weighted by Gasteiger charge is -2.18. The summed E-state index contributed by atoms with van der Waals surface area (Å²) in [5.41, 5.74) is 4.45. The molecule has 5 heteroatoms. The number of para-hydroxylation sites is 1. The smallest absolute Gasteiger partial charge is 0.171 e. The van der Waals surface area contributed by atoms with Crippen molar-refractivity contribution in [1.82, 2.24) is 14.9 Å². The van der Waals surface area contributed by atoms with Crippen molar-refractivity contribution >= 4 is 23.0 Å². The molecule has 0 fully saturated rings. The highest BCUT2D eigenvalue weighted by Crippen LogP contribution is 2.17. The molecule has 24 heavy (non-hydrogen) atoms. The van der Waals surface area contributed by atoms with Crippen molar-refractivity contribution in [3.63, 3.8) is 0 Å². The molecule has 4 nitrogen and oxygen atoms in total. The van der Waals surface area contributed by atoms with E-state index >= 15 is 0 Å². The quantitative estimate of drug-likeness (QED) is 0.700. The van der Waals surface area contributed by atoms with Crippen LogP contribution in [0.5, 0.6) is 0 Å². The van der Waals surface area contributed by atoms with Crippen LogP contribution in [-0.2, 0) is 0 Å². The molecule has 3 rings (SSSR count). The molecule has 0 saturated carbocycles. The summed E-state index contributed by atoms with van der Waals surface area (Å²) < 4.78 is 1.98. The highest BCUT2D eigenvalue weighted by molar-refractivity contribution is 7.80. The highest BCUT2D eigenvalue weighted by Gasteiger charge is 2.08. The first-order valence-corrected chi connectivity index (χ1v) is 8.26. The Morgan fingerprint density at radius 3 is 2.54 bits per heavy atom. The van der Waals surface area contributed by atoms with Crippen LogP contribution in [0.15, 0.2) is 67.3 Å². The van der Waals surface area contributed by atoms with Crippen molar-refractivity contribution in [3.8, 4) is 5.69 Å². The zero-order valence-electron chi connectivity index (χ0n) is 13.7. The van der Waals surface area contributed by atoms with Gasteiger partial charge in [0, 0.05) is 23.8 Å². The number of hydrogen-bond acceptors (Lipinski definition) is 2. The van der Waals surface area contributed by atoms with Gasteiger partial charge in [-0.15, -0.1) is 0 Å².